The number of fused-ring (bicyclic) bond motifs is 6. The van der Waals surface area contributed by atoms with Gasteiger partial charge in [0.2, 0.25) is 0 Å². The molecule has 3 aromatic heterocycles. The molecule has 0 aliphatic carbocycles. The van der Waals surface area contributed by atoms with Gasteiger partial charge in [-0.15, -0.1) is 11.3 Å². The average molecular weight is 663 g/mol. The van der Waals surface area contributed by atoms with Crippen molar-refractivity contribution in [3.8, 4) is 56.4 Å². The van der Waals surface area contributed by atoms with Crippen molar-refractivity contribution in [1.82, 2.24) is 15.0 Å². The van der Waals surface area contributed by atoms with Crippen LogP contribution in [-0.2, 0) is 0 Å². The highest BCUT2D eigenvalue weighted by Gasteiger charge is 2.20. The van der Waals surface area contributed by atoms with E-state index in [0.29, 0.717) is 23.0 Å². The Kier molecular flexibility index (Phi) is 5.54. The summed E-state index contributed by atoms with van der Waals surface area (Å²) in [6.07, 6.45) is 0. The minimum absolute atomic E-state index is 0.165. The first-order chi connectivity index (χ1) is 26.8. The van der Waals surface area contributed by atoms with Gasteiger partial charge in [0.15, 0.2) is 17.5 Å². The minimum Gasteiger partial charge on any atom is -0.456 e. The lowest BCUT2D eigenvalue weighted by molar-refractivity contribution is 0.669. The van der Waals surface area contributed by atoms with Gasteiger partial charge in [0, 0.05) is 53.2 Å². The molecule has 7 aromatic carbocycles. The van der Waals surface area contributed by atoms with Crippen LogP contribution in [0.5, 0.6) is 0 Å². The van der Waals surface area contributed by atoms with Gasteiger partial charge >= 0.3 is 0 Å². The Hall–Kier alpha value is -6.43. The zero-order valence-corrected chi connectivity index (χ0v) is 27.2. The van der Waals surface area contributed by atoms with Gasteiger partial charge in [-0.05, 0) is 59.2 Å². The molecule has 50 heavy (non-hydrogen) atoms. The van der Waals surface area contributed by atoms with Crippen molar-refractivity contribution >= 4 is 53.4 Å². The SMILES string of the molecule is [2H]c1c([2H])c([2H])c(-c2cc(-c3ccccc3)cc3c2sc2cccc(-c4nc(-c5ccccc5)nc(-c5ccc6oc7ccccc7c6c5)n4)c23)c([2H])c1[2H]. The number of para-hydroxylation sites is 1. The summed E-state index contributed by atoms with van der Waals surface area (Å²) in [4.78, 5) is 15.3. The first-order valence-corrected chi connectivity index (χ1v) is 17.0. The first-order valence-electron chi connectivity index (χ1n) is 18.7. The summed E-state index contributed by atoms with van der Waals surface area (Å²) >= 11 is 1.52. The van der Waals surface area contributed by atoms with Crippen molar-refractivity contribution < 1.29 is 11.3 Å². The molecule has 0 atom stereocenters. The molecule has 0 amide bonds. The number of aromatic nitrogens is 3. The summed E-state index contributed by atoms with van der Waals surface area (Å²) in [5.74, 6) is 1.53. The summed E-state index contributed by atoms with van der Waals surface area (Å²) < 4.78 is 51.0. The molecule has 3 heterocycles. The highest BCUT2D eigenvalue weighted by Crippen LogP contribution is 2.46. The maximum atomic E-state index is 8.93. The van der Waals surface area contributed by atoms with Crippen molar-refractivity contribution in [1.29, 1.82) is 0 Å². The standard InChI is InChI=1S/C45H27N3OS/c1-4-13-28(14-5-1)32-26-35(29-15-6-2-7-16-29)42-37(27-32)41-34(20-12-22-40(41)50-42)45-47-43(30-17-8-3-9-18-30)46-44(48-45)31-23-24-39-36(25-31)33-19-10-11-21-38(33)49-39/h1-27H/i2D,6D,7D,15D,16D. The summed E-state index contributed by atoms with van der Waals surface area (Å²) in [7, 11) is 0. The average Bonchev–Trinajstić information content (AvgIpc) is 3.81. The van der Waals surface area contributed by atoms with Crippen LogP contribution in [0, 0.1) is 0 Å². The maximum Gasteiger partial charge on any atom is 0.164 e. The van der Waals surface area contributed by atoms with E-state index in [9.17, 15) is 0 Å². The molecule has 0 saturated heterocycles. The number of nitrogens with zero attached hydrogens (tertiary/aromatic N) is 3. The Balaban J connectivity index is 1.26. The molecule has 0 saturated carbocycles. The van der Waals surface area contributed by atoms with Gasteiger partial charge in [-0.3, -0.25) is 0 Å². The molecule has 10 aromatic rings. The second-order valence-corrected chi connectivity index (χ2v) is 13.1. The Bertz CT molecular complexity index is 3130. The molecule has 0 N–H and O–H groups in total. The van der Waals surface area contributed by atoms with Crippen molar-refractivity contribution in [2.45, 2.75) is 0 Å². The minimum atomic E-state index is -0.423. The lowest BCUT2D eigenvalue weighted by atomic mass is 9.95. The fourth-order valence-electron chi connectivity index (χ4n) is 6.69. The van der Waals surface area contributed by atoms with Gasteiger partial charge in [-0.2, -0.15) is 0 Å². The van der Waals surface area contributed by atoms with Gasteiger partial charge < -0.3 is 4.42 Å². The molecule has 0 unspecified atom stereocenters. The molecule has 0 radical (unpaired) electrons. The number of hydrogen-bond acceptors (Lipinski definition) is 5. The summed E-state index contributed by atoms with van der Waals surface area (Å²) in [6, 6.07) is 42.1. The monoisotopic (exact) mass is 662 g/mol. The van der Waals surface area contributed by atoms with Gasteiger partial charge in [-0.25, -0.2) is 15.0 Å². The van der Waals surface area contributed by atoms with E-state index in [4.69, 9.17) is 26.2 Å². The van der Waals surface area contributed by atoms with E-state index in [1.807, 2.05) is 121 Å². The van der Waals surface area contributed by atoms with Crippen LogP contribution in [0.1, 0.15) is 6.85 Å². The number of benzene rings is 7. The van der Waals surface area contributed by atoms with E-state index in [1.54, 1.807) is 0 Å². The van der Waals surface area contributed by atoms with Crippen molar-refractivity contribution in [3.05, 3.63) is 164 Å². The van der Waals surface area contributed by atoms with Crippen molar-refractivity contribution in [2.75, 3.05) is 0 Å². The van der Waals surface area contributed by atoms with Crippen LogP contribution in [-0.4, -0.2) is 15.0 Å². The normalized spacial score (nSPS) is 13.0. The molecular formula is C45H27N3OS. The summed E-state index contributed by atoms with van der Waals surface area (Å²) in [6.45, 7) is 0. The van der Waals surface area contributed by atoms with Crippen LogP contribution in [0.25, 0.3) is 98.5 Å². The number of furan rings is 1. The highest BCUT2D eigenvalue weighted by molar-refractivity contribution is 7.26. The van der Waals surface area contributed by atoms with Gasteiger partial charge in [0.1, 0.15) is 11.2 Å². The van der Waals surface area contributed by atoms with Crippen molar-refractivity contribution in [3.63, 3.8) is 0 Å². The molecule has 4 nitrogen and oxygen atoms in total. The topological polar surface area (TPSA) is 51.8 Å². The van der Waals surface area contributed by atoms with E-state index in [2.05, 4.69) is 12.1 Å². The van der Waals surface area contributed by atoms with Gasteiger partial charge in [0.25, 0.3) is 0 Å². The third-order valence-corrected chi connectivity index (χ3v) is 10.2. The van der Waals surface area contributed by atoms with E-state index in [-0.39, 0.29) is 29.7 Å². The predicted molar refractivity (Wildman–Crippen MR) is 207 cm³/mol. The summed E-state index contributed by atoms with van der Waals surface area (Å²) in [5, 5.41) is 3.75. The quantitative estimate of drug-likeness (QED) is 0.184. The Labute approximate surface area is 299 Å². The van der Waals surface area contributed by atoms with Gasteiger partial charge in [-0.1, -0.05) is 121 Å². The molecular weight excluding hydrogens is 631 g/mol. The van der Waals surface area contributed by atoms with Crippen LogP contribution in [0.4, 0.5) is 0 Å². The Morgan fingerprint density at radius 2 is 1.14 bits per heavy atom. The van der Waals surface area contributed by atoms with Gasteiger partial charge in [0.05, 0.1) is 6.85 Å². The van der Waals surface area contributed by atoms with Crippen LogP contribution < -0.4 is 0 Å². The molecule has 5 heteroatoms. The van der Waals surface area contributed by atoms with Crippen LogP contribution in [0.15, 0.2) is 168 Å². The van der Waals surface area contributed by atoms with Crippen LogP contribution >= 0.6 is 11.3 Å². The fraction of sp³-hybridized carbons (Fsp3) is 0. The molecule has 0 aliphatic rings. The van der Waals surface area contributed by atoms with E-state index >= 15 is 0 Å². The number of hydrogen-bond donors (Lipinski definition) is 0. The molecule has 0 fully saturated rings. The smallest absolute Gasteiger partial charge is 0.164 e. The third kappa shape index (κ3) is 4.79. The molecule has 0 bridgehead atoms. The lowest BCUT2D eigenvalue weighted by Gasteiger charge is -2.11. The summed E-state index contributed by atoms with van der Waals surface area (Å²) in [5.41, 5.74) is 6.57. The first kappa shape index (κ1) is 23.8. The van der Waals surface area contributed by atoms with E-state index in [1.165, 1.54) is 11.3 Å². The van der Waals surface area contributed by atoms with Crippen molar-refractivity contribution in [2.24, 2.45) is 0 Å². The lowest BCUT2D eigenvalue weighted by Crippen LogP contribution is -2.00. The third-order valence-electron chi connectivity index (χ3n) is 9.02. The van der Waals surface area contributed by atoms with E-state index < -0.39 is 6.04 Å². The zero-order valence-electron chi connectivity index (χ0n) is 31.4. The second-order valence-electron chi connectivity index (χ2n) is 12.0. The highest BCUT2D eigenvalue weighted by atomic mass is 32.1. The second kappa shape index (κ2) is 11.6. The number of rotatable bonds is 5. The fourth-order valence-corrected chi connectivity index (χ4v) is 7.92. The zero-order chi connectivity index (χ0) is 37.4. The molecule has 234 valence electrons. The maximum absolute atomic E-state index is 8.93. The van der Waals surface area contributed by atoms with E-state index in [0.717, 1.165) is 69.9 Å². The predicted octanol–water partition coefficient (Wildman–Crippen LogP) is 12.5. The molecule has 10 rings (SSSR count). The molecule has 0 aliphatic heterocycles. The largest absolute Gasteiger partial charge is 0.456 e. The Morgan fingerprint density at radius 1 is 0.460 bits per heavy atom. The van der Waals surface area contributed by atoms with Crippen LogP contribution in [0.2, 0.25) is 0 Å². The van der Waals surface area contributed by atoms with Crippen LogP contribution in [0.3, 0.4) is 0 Å². The molecule has 0 spiro atoms. The Morgan fingerprint density at radius 3 is 1.96 bits per heavy atom. The number of thiophene rings is 1.